The summed E-state index contributed by atoms with van der Waals surface area (Å²) in [5.41, 5.74) is 1.19. The highest BCUT2D eigenvalue weighted by atomic mass is 16.4. The Morgan fingerprint density at radius 3 is 2.64 bits per heavy atom. The molecule has 14 heavy (non-hydrogen) atoms. The van der Waals surface area contributed by atoms with Gasteiger partial charge in [-0.2, -0.15) is 0 Å². The monoisotopic (exact) mass is 190 g/mol. The van der Waals surface area contributed by atoms with E-state index in [0.717, 1.165) is 0 Å². The molecule has 2 heterocycles. The van der Waals surface area contributed by atoms with Crippen molar-refractivity contribution in [3.63, 3.8) is 0 Å². The summed E-state index contributed by atoms with van der Waals surface area (Å²) in [6.45, 7) is 0. The molecule has 6 heteroatoms. The smallest absolute Gasteiger partial charge is 0.356 e. The number of H-pyrrole nitrogens is 1. The summed E-state index contributed by atoms with van der Waals surface area (Å²) in [5, 5.41) is 8.58. The Morgan fingerprint density at radius 2 is 2.14 bits per heavy atom. The number of carboxylic acid groups (broad SMARTS) is 1. The SMILES string of the molecule is O=C(O)c1cnc(-c2cnc[nH]2)cn1. The van der Waals surface area contributed by atoms with Gasteiger partial charge in [-0.05, 0) is 0 Å². The topological polar surface area (TPSA) is 91.8 Å². The second-order valence-corrected chi connectivity index (χ2v) is 2.56. The van der Waals surface area contributed by atoms with Crippen molar-refractivity contribution in [2.75, 3.05) is 0 Å². The molecular weight excluding hydrogens is 184 g/mol. The largest absolute Gasteiger partial charge is 0.476 e. The number of hydrogen-bond acceptors (Lipinski definition) is 4. The van der Waals surface area contributed by atoms with Crippen LogP contribution in [0.3, 0.4) is 0 Å². The average Bonchev–Trinajstić information content (AvgIpc) is 2.71. The van der Waals surface area contributed by atoms with Gasteiger partial charge in [-0.3, -0.25) is 4.98 Å². The first-order chi connectivity index (χ1) is 6.77. The van der Waals surface area contributed by atoms with Crippen molar-refractivity contribution in [1.29, 1.82) is 0 Å². The minimum atomic E-state index is -1.09. The van der Waals surface area contributed by atoms with Crippen LogP contribution in [0.5, 0.6) is 0 Å². The Bertz CT molecular complexity index is 435. The molecule has 0 amide bonds. The van der Waals surface area contributed by atoms with E-state index in [1.807, 2.05) is 0 Å². The molecule has 0 aliphatic rings. The maximum atomic E-state index is 10.5. The number of hydrogen-bond donors (Lipinski definition) is 2. The van der Waals surface area contributed by atoms with E-state index in [9.17, 15) is 4.79 Å². The first kappa shape index (κ1) is 8.36. The summed E-state index contributed by atoms with van der Waals surface area (Å²) in [4.78, 5) is 24.8. The summed E-state index contributed by atoms with van der Waals surface area (Å²) in [6, 6.07) is 0. The van der Waals surface area contributed by atoms with Crippen LogP contribution in [0.4, 0.5) is 0 Å². The van der Waals surface area contributed by atoms with Gasteiger partial charge in [0.25, 0.3) is 0 Å². The van der Waals surface area contributed by atoms with Gasteiger partial charge < -0.3 is 10.1 Å². The van der Waals surface area contributed by atoms with Crippen molar-refractivity contribution >= 4 is 5.97 Å². The van der Waals surface area contributed by atoms with Crippen LogP contribution in [0, 0.1) is 0 Å². The predicted octanol–water partition coefficient (Wildman–Crippen LogP) is 0.565. The summed E-state index contributed by atoms with van der Waals surface area (Å²) < 4.78 is 0. The minimum absolute atomic E-state index is 0.0757. The van der Waals surface area contributed by atoms with Crippen LogP contribution < -0.4 is 0 Å². The summed E-state index contributed by atoms with van der Waals surface area (Å²) >= 11 is 0. The second-order valence-electron chi connectivity index (χ2n) is 2.56. The lowest BCUT2D eigenvalue weighted by Gasteiger charge is -1.96. The van der Waals surface area contributed by atoms with Crippen LogP contribution in [-0.4, -0.2) is 31.0 Å². The second kappa shape index (κ2) is 3.25. The quantitative estimate of drug-likeness (QED) is 0.722. The maximum absolute atomic E-state index is 10.5. The van der Waals surface area contributed by atoms with E-state index in [-0.39, 0.29) is 5.69 Å². The molecule has 6 nitrogen and oxygen atoms in total. The lowest BCUT2D eigenvalue weighted by Crippen LogP contribution is -2.01. The van der Waals surface area contributed by atoms with Gasteiger partial charge in [0.2, 0.25) is 0 Å². The number of carbonyl (C=O) groups is 1. The Morgan fingerprint density at radius 1 is 1.29 bits per heavy atom. The molecule has 2 aromatic heterocycles. The predicted molar refractivity (Wildman–Crippen MR) is 46.6 cm³/mol. The van der Waals surface area contributed by atoms with Crippen LogP contribution >= 0.6 is 0 Å². The molecule has 0 bridgehead atoms. The van der Waals surface area contributed by atoms with Gasteiger partial charge in [-0.25, -0.2) is 14.8 Å². The molecule has 70 valence electrons. The first-order valence-electron chi connectivity index (χ1n) is 3.81. The van der Waals surface area contributed by atoms with Gasteiger partial charge in [0.15, 0.2) is 5.69 Å². The fraction of sp³-hybridized carbons (Fsp3) is 0. The number of carboxylic acids is 1. The normalized spacial score (nSPS) is 10.0. The van der Waals surface area contributed by atoms with Crippen LogP contribution in [0.2, 0.25) is 0 Å². The number of aromatic nitrogens is 4. The number of nitrogens with zero attached hydrogens (tertiary/aromatic N) is 3. The molecule has 0 saturated heterocycles. The van der Waals surface area contributed by atoms with Crippen molar-refractivity contribution < 1.29 is 9.90 Å². The summed E-state index contributed by atoms with van der Waals surface area (Å²) in [7, 11) is 0. The molecule has 0 saturated carbocycles. The average molecular weight is 190 g/mol. The molecule has 0 unspecified atom stereocenters. The molecular formula is C8H6N4O2. The van der Waals surface area contributed by atoms with E-state index in [1.54, 1.807) is 6.20 Å². The van der Waals surface area contributed by atoms with Gasteiger partial charge in [-0.15, -0.1) is 0 Å². The highest BCUT2D eigenvalue weighted by Gasteiger charge is 2.06. The molecule has 0 fully saturated rings. The molecule has 2 rings (SSSR count). The van der Waals surface area contributed by atoms with Gasteiger partial charge in [-0.1, -0.05) is 0 Å². The molecule has 0 aliphatic carbocycles. The van der Waals surface area contributed by atoms with Gasteiger partial charge in [0.05, 0.1) is 30.6 Å². The molecule has 2 N–H and O–H groups in total. The summed E-state index contributed by atoms with van der Waals surface area (Å²) in [6.07, 6.45) is 5.70. The third-order valence-electron chi connectivity index (χ3n) is 1.65. The standard InChI is InChI=1S/C8H6N4O2/c13-8(14)7-3-10-6(2-11-7)5-1-9-4-12-5/h1-4H,(H,9,12)(H,13,14). The van der Waals surface area contributed by atoms with Crippen molar-refractivity contribution in [2.45, 2.75) is 0 Å². The molecule has 0 aromatic carbocycles. The lowest BCUT2D eigenvalue weighted by atomic mass is 10.3. The molecule has 0 radical (unpaired) electrons. The Hall–Kier alpha value is -2.24. The highest BCUT2D eigenvalue weighted by molar-refractivity contribution is 5.85. The van der Waals surface area contributed by atoms with E-state index in [1.165, 1.54) is 18.7 Å². The third-order valence-corrected chi connectivity index (χ3v) is 1.65. The van der Waals surface area contributed by atoms with Crippen molar-refractivity contribution in [3.05, 3.63) is 30.6 Å². The molecule has 0 atom stereocenters. The van der Waals surface area contributed by atoms with Gasteiger partial charge in [0, 0.05) is 0 Å². The van der Waals surface area contributed by atoms with E-state index >= 15 is 0 Å². The number of aromatic carboxylic acids is 1. The molecule has 0 aliphatic heterocycles. The van der Waals surface area contributed by atoms with Crippen LogP contribution in [0.1, 0.15) is 10.5 Å². The van der Waals surface area contributed by atoms with Crippen LogP contribution in [-0.2, 0) is 0 Å². The zero-order valence-electron chi connectivity index (χ0n) is 7.01. The van der Waals surface area contributed by atoms with Crippen LogP contribution in [0.25, 0.3) is 11.4 Å². The zero-order chi connectivity index (χ0) is 9.97. The van der Waals surface area contributed by atoms with Gasteiger partial charge in [0.1, 0.15) is 5.69 Å². The third kappa shape index (κ3) is 1.45. The van der Waals surface area contributed by atoms with Gasteiger partial charge >= 0.3 is 5.97 Å². The molecule has 0 spiro atoms. The number of aromatic amines is 1. The summed E-state index contributed by atoms with van der Waals surface area (Å²) in [5.74, 6) is -1.09. The Balaban J connectivity index is 2.36. The highest BCUT2D eigenvalue weighted by Crippen LogP contribution is 2.10. The zero-order valence-corrected chi connectivity index (χ0v) is 7.01. The number of imidazole rings is 1. The van der Waals surface area contributed by atoms with Crippen molar-refractivity contribution in [3.8, 4) is 11.4 Å². The lowest BCUT2D eigenvalue weighted by molar-refractivity contribution is 0.0690. The van der Waals surface area contributed by atoms with E-state index in [4.69, 9.17) is 5.11 Å². The van der Waals surface area contributed by atoms with Crippen molar-refractivity contribution in [2.24, 2.45) is 0 Å². The van der Waals surface area contributed by atoms with E-state index in [0.29, 0.717) is 11.4 Å². The fourth-order valence-corrected chi connectivity index (χ4v) is 0.974. The van der Waals surface area contributed by atoms with Crippen LogP contribution in [0.15, 0.2) is 24.9 Å². The van der Waals surface area contributed by atoms with E-state index in [2.05, 4.69) is 19.9 Å². The Kier molecular flexibility index (Phi) is 1.94. The minimum Gasteiger partial charge on any atom is -0.476 e. The fourth-order valence-electron chi connectivity index (χ4n) is 0.974. The number of rotatable bonds is 2. The molecule has 2 aromatic rings. The Labute approximate surface area is 78.7 Å². The number of nitrogens with one attached hydrogen (secondary N) is 1. The van der Waals surface area contributed by atoms with E-state index < -0.39 is 5.97 Å². The van der Waals surface area contributed by atoms with Crippen molar-refractivity contribution in [1.82, 2.24) is 19.9 Å². The maximum Gasteiger partial charge on any atom is 0.356 e. The first-order valence-corrected chi connectivity index (χ1v) is 3.81.